The van der Waals surface area contributed by atoms with Gasteiger partial charge in [-0.05, 0) is 31.2 Å². The van der Waals surface area contributed by atoms with Crippen LogP contribution in [0, 0.1) is 6.92 Å². The second-order valence-corrected chi connectivity index (χ2v) is 6.85. The van der Waals surface area contributed by atoms with Crippen LogP contribution in [0.2, 0.25) is 5.02 Å². The Labute approximate surface area is 155 Å². The molecule has 4 nitrogen and oxygen atoms in total. The molecule has 0 saturated heterocycles. The van der Waals surface area contributed by atoms with E-state index in [0.717, 1.165) is 11.3 Å². The summed E-state index contributed by atoms with van der Waals surface area (Å²) >= 11 is 7.26. The molecule has 0 bridgehead atoms. The Morgan fingerprint density at radius 3 is 2.52 bits per heavy atom. The van der Waals surface area contributed by atoms with Crippen LogP contribution in [0.25, 0.3) is 11.3 Å². The first-order chi connectivity index (χ1) is 12.0. The average molecular weight is 373 g/mol. The Hall–Kier alpha value is -2.37. The van der Waals surface area contributed by atoms with Gasteiger partial charge in [0.2, 0.25) is 0 Å². The Kier molecular flexibility index (Phi) is 5.36. The van der Waals surface area contributed by atoms with Gasteiger partial charge in [-0.25, -0.2) is 4.98 Å². The van der Waals surface area contributed by atoms with Crippen LogP contribution in [-0.4, -0.2) is 24.5 Å². The van der Waals surface area contributed by atoms with Crippen molar-refractivity contribution < 1.29 is 9.53 Å². The van der Waals surface area contributed by atoms with Crippen molar-refractivity contribution in [3.05, 3.63) is 64.5 Å². The summed E-state index contributed by atoms with van der Waals surface area (Å²) in [6.07, 6.45) is 0. The number of aryl methyl sites for hydroxylation is 1. The van der Waals surface area contributed by atoms with Gasteiger partial charge in [0.05, 0.1) is 5.69 Å². The topological polar surface area (TPSA) is 42.4 Å². The van der Waals surface area contributed by atoms with Gasteiger partial charge in [-0.1, -0.05) is 41.4 Å². The zero-order chi connectivity index (χ0) is 17.8. The SMILES string of the molecule is Cc1ccc(-c2csc(N(C)C(=O)COc3ccc(Cl)cc3)n2)cc1. The normalized spacial score (nSPS) is 10.5. The van der Waals surface area contributed by atoms with Gasteiger partial charge in [0.1, 0.15) is 5.75 Å². The molecule has 0 aliphatic carbocycles. The van der Waals surface area contributed by atoms with Crippen LogP contribution >= 0.6 is 22.9 Å². The van der Waals surface area contributed by atoms with Crippen molar-refractivity contribution in [3.8, 4) is 17.0 Å². The van der Waals surface area contributed by atoms with E-state index in [2.05, 4.69) is 4.98 Å². The quantitative estimate of drug-likeness (QED) is 0.645. The minimum absolute atomic E-state index is 0.0580. The van der Waals surface area contributed by atoms with Crippen LogP contribution in [0.5, 0.6) is 5.75 Å². The van der Waals surface area contributed by atoms with E-state index in [1.54, 1.807) is 31.3 Å². The van der Waals surface area contributed by atoms with E-state index in [-0.39, 0.29) is 12.5 Å². The molecule has 128 valence electrons. The fourth-order valence-electron chi connectivity index (χ4n) is 2.15. The number of nitrogens with zero attached hydrogens (tertiary/aromatic N) is 2. The third kappa shape index (κ3) is 4.38. The molecule has 0 unspecified atom stereocenters. The third-order valence-corrected chi connectivity index (χ3v) is 4.85. The highest BCUT2D eigenvalue weighted by Crippen LogP contribution is 2.27. The van der Waals surface area contributed by atoms with Crippen LogP contribution in [0.15, 0.2) is 53.9 Å². The molecule has 1 aromatic heterocycles. The maximum atomic E-state index is 12.3. The number of halogens is 1. The first-order valence-corrected chi connectivity index (χ1v) is 8.96. The van der Waals surface area contributed by atoms with E-state index in [1.165, 1.54) is 21.8 Å². The van der Waals surface area contributed by atoms with Gasteiger partial charge >= 0.3 is 0 Å². The number of carbonyl (C=O) groups is 1. The van der Waals surface area contributed by atoms with E-state index >= 15 is 0 Å². The molecule has 1 amide bonds. The predicted octanol–water partition coefficient (Wildman–Crippen LogP) is 4.81. The number of likely N-dealkylation sites (N-methyl/N-ethyl adjacent to an activating group) is 1. The van der Waals surface area contributed by atoms with Crippen molar-refractivity contribution in [1.82, 2.24) is 4.98 Å². The standard InChI is InChI=1S/C19H17ClN2O2S/c1-13-3-5-14(6-4-13)17-12-25-19(21-17)22(2)18(23)11-24-16-9-7-15(20)8-10-16/h3-10,12H,11H2,1-2H3. The van der Waals surface area contributed by atoms with Crippen molar-refractivity contribution in [1.29, 1.82) is 0 Å². The largest absolute Gasteiger partial charge is 0.484 e. The number of aromatic nitrogens is 1. The minimum Gasteiger partial charge on any atom is -0.484 e. The highest BCUT2D eigenvalue weighted by Gasteiger charge is 2.16. The summed E-state index contributed by atoms with van der Waals surface area (Å²) in [4.78, 5) is 18.4. The van der Waals surface area contributed by atoms with Gasteiger partial charge in [-0.15, -0.1) is 11.3 Å². The van der Waals surface area contributed by atoms with E-state index < -0.39 is 0 Å². The average Bonchev–Trinajstić information content (AvgIpc) is 3.11. The summed E-state index contributed by atoms with van der Waals surface area (Å²) in [5.41, 5.74) is 3.09. The van der Waals surface area contributed by atoms with Crippen LogP contribution in [0.3, 0.4) is 0 Å². The number of anilines is 1. The number of thiazole rings is 1. The molecule has 0 radical (unpaired) electrons. The lowest BCUT2D eigenvalue weighted by Gasteiger charge is -2.14. The highest BCUT2D eigenvalue weighted by molar-refractivity contribution is 7.14. The van der Waals surface area contributed by atoms with Crippen LogP contribution in [0.4, 0.5) is 5.13 Å². The van der Waals surface area contributed by atoms with Gasteiger partial charge < -0.3 is 4.74 Å². The van der Waals surface area contributed by atoms with E-state index in [9.17, 15) is 4.79 Å². The molecule has 0 N–H and O–H groups in total. The molecule has 0 aliphatic heterocycles. The van der Waals surface area contributed by atoms with E-state index in [1.807, 2.05) is 36.6 Å². The first kappa shape index (κ1) is 17.5. The Morgan fingerprint density at radius 1 is 1.16 bits per heavy atom. The summed E-state index contributed by atoms with van der Waals surface area (Å²) in [6.45, 7) is 1.99. The second-order valence-electron chi connectivity index (χ2n) is 5.58. The predicted molar refractivity (Wildman–Crippen MR) is 103 cm³/mol. The summed E-state index contributed by atoms with van der Waals surface area (Å²) in [5, 5.41) is 3.21. The lowest BCUT2D eigenvalue weighted by atomic mass is 10.1. The molecule has 3 aromatic rings. The third-order valence-electron chi connectivity index (χ3n) is 3.68. The summed E-state index contributed by atoms with van der Waals surface area (Å²) in [7, 11) is 1.70. The zero-order valence-corrected chi connectivity index (χ0v) is 15.5. The Balaban J connectivity index is 1.64. The van der Waals surface area contributed by atoms with Crippen molar-refractivity contribution >= 4 is 34.0 Å². The second kappa shape index (κ2) is 7.68. The van der Waals surface area contributed by atoms with Gasteiger partial charge in [0, 0.05) is 23.0 Å². The smallest absolute Gasteiger partial charge is 0.266 e. The van der Waals surface area contributed by atoms with Gasteiger partial charge in [-0.2, -0.15) is 0 Å². The van der Waals surface area contributed by atoms with E-state index in [0.29, 0.717) is 15.9 Å². The summed E-state index contributed by atoms with van der Waals surface area (Å²) in [5.74, 6) is 0.436. The number of benzene rings is 2. The number of hydrogen-bond donors (Lipinski definition) is 0. The number of hydrogen-bond acceptors (Lipinski definition) is 4. The molecule has 3 rings (SSSR count). The lowest BCUT2D eigenvalue weighted by Crippen LogP contribution is -2.31. The lowest BCUT2D eigenvalue weighted by molar-refractivity contribution is -0.120. The summed E-state index contributed by atoms with van der Waals surface area (Å²) < 4.78 is 5.50. The molecule has 0 aliphatic rings. The fraction of sp³-hybridized carbons (Fsp3) is 0.158. The van der Waals surface area contributed by atoms with Gasteiger partial charge in [0.15, 0.2) is 11.7 Å². The monoisotopic (exact) mass is 372 g/mol. The first-order valence-electron chi connectivity index (χ1n) is 7.70. The van der Waals surface area contributed by atoms with Gasteiger partial charge in [-0.3, -0.25) is 9.69 Å². The van der Waals surface area contributed by atoms with Crippen LogP contribution < -0.4 is 9.64 Å². The van der Waals surface area contributed by atoms with Crippen LogP contribution in [0.1, 0.15) is 5.56 Å². The minimum atomic E-state index is -0.167. The van der Waals surface area contributed by atoms with Crippen molar-refractivity contribution in [3.63, 3.8) is 0 Å². The van der Waals surface area contributed by atoms with Crippen molar-refractivity contribution in [2.45, 2.75) is 6.92 Å². The zero-order valence-electron chi connectivity index (χ0n) is 13.9. The Morgan fingerprint density at radius 2 is 1.84 bits per heavy atom. The molecule has 2 aromatic carbocycles. The fourth-order valence-corrected chi connectivity index (χ4v) is 3.10. The van der Waals surface area contributed by atoms with Gasteiger partial charge in [0.25, 0.3) is 5.91 Å². The van der Waals surface area contributed by atoms with Crippen LogP contribution in [-0.2, 0) is 4.79 Å². The molecule has 1 heterocycles. The number of rotatable bonds is 5. The molecular weight excluding hydrogens is 356 g/mol. The maximum Gasteiger partial charge on any atom is 0.266 e. The molecule has 0 saturated carbocycles. The highest BCUT2D eigenvalue weighted by atomic mass is 35.5. The van der Waals surface area contributed by atoms with Crippen molar-refractivity contribution in [2.24, 2.45) is 0 Å². The number of ether oxygens (including phenoxy) is 1. The molecule has 0 fully saturated rings. The summed E-state index contributed by atoms with van der Waals surface area (Å²) in [6, 6.07) is 15.0. The molecular formula is C19H17ClN2O2S. The number of amides is 1. The molecule has 0 spiro atoms. The van der Waals surface area contributed by atoms with Crippen molar-refractivity contribution in [2.75, 3.05) is 18.6 Å². The Bertz CT molecular complexity index is 860. The van der Waals surface area contributed by atoms with E-state index in [4.69, 9.17) is 16.3 Å². The molecule has 0 atom stereocenters. The molecule has 6 heteroatoms. The molecule has 25 heavy (non-hydrogen) atoms. The number of carbonyl (C=O) groups excluding carboxylic acids is 1. The maximum absolute atomic E-state index is 12.3.